The minimum Gasteiger partial charge on any atom is -0.382 e. The SMILES string of the molecule is CCOC[C@H]1O[C@@H](n2cc(C)c(=O)n(CC)c2=O)CC1N=[N+]=[N-].CCOC[C@H]1O[C@@H](n2ccc(N(CC)CC)nc2=O)CS1.COC[C@H]1O[C@@H](n2cc(C)c(=O)n(C)c2=O)CC1N=[N+]=[N-].COC[C@H]1O[C@@H](n2ccc(N(C)C)nc2=O)CS1. The van der Waals surface area contributed by atoms with Gasteiger partial charge in [0.05, 0.1) is 50.7 Å². The lowest BCUT2D eigenvalue weighted by molar-refractivity contribution is -0.0439. The second kappa shape index (κ2) is 33.3. The highest BCUT2D eigenvalue weighted by atomic mass is 32.2. The van der Waals surface area contributed by atoms with Gasteiger partial charge in [0, 0.05) is 138 Å². The molecule has 0 bridgehead atoms. The average Bonchev–Trinajstić information content (AvgIpc) is 4.54. The number of hydrogen-bond acceptors (Lipinski definition) is 22. The van der Waals surface area contributed by atoms with Crippen molar-refractivity contribution in [2.24, 2.45) is 17.3 Å². The molecule has 8 rings (SSSR count). The van der Waals surface area contributed by atoms with Crippen LogP contribution in [0, 0.1) is 13.8 Å². The summed E-state index contributed by atoms with van der Waals surface area (Å²) in [7, 11) is 8.27. The Morgan fingerprint density at radius 3 is 1.58 bits per heavy atom. The van der Waals surface area contributed by atoms with Crippen LogP contribution >= 0.6 is 23.5 Å². The highest BCUT2D eigenvalue weighted by Gasteiger charge is 2.38. The molecule has 0 radical (unpaired) electrons. The second-order valence-corrected chi connectivity index (χ2v) is 21.5. The van der Waals surface area contributed by atoms with Crippen LogP contribution in [-0.2, 0) is 51.5 Å². The van der Waals surface area contributed by atoms with Crippen molar-refractivity contribution >= 4 is 35.2 Å². The van der Waals surface area contributed by atoms with E-state index in [4.69, 9.17) is 49.0 Å². The normalized spacial score (nSPS) is 23.4. The number of anilines is 2. The smallest absolute Gasteiger partial charge is 0.351 e. The summed E-state index contributed by atoms with van der Waals surface area (Å²) in [6.45, 7) is 17.7. The van der Waals surface area contributed by atoms with Gasteiger partial charge in [0.2, 0.25) is 0 Å². The highest BCUT2D eigenvalue weighted by molar-refractivity contribution is 8.00. The van der Waals surface area contributed by atoms with Crippen LogP contribution in [0.3, 0.4) is 0 Å². The Kier molecular flexibility index (Phi) is 27.1. The zero-order valence-electron chi connectivity index (χ0n) is 49.1. The highest BCUT2D eigenvalue weighted by Crippen LogP contribution is 2.34. The summed E-state index contributed by atoms with van der Waals surface area (Å²) >= 11 is 3.31. The Morgan fingerprint density at radius 1 is 0.639 bits per heavy atom. The summed E-state index contributed by atoms with van der Waals surface area (Å²) in [5.41, 5.74) is 16.1. The number of aromatic nitrogens is 8. The van der Waals surface area contributed by atoms with Crippen molar-refractivity contribution in [3.05, 3.63) is 132 Å². The largest absolute Gasteiger partial charge is 0.382 e. The fourth-order valence-corrected chi connectivity index (χ4v) is 11.1. The second-order valence-electron chi connectivity index (χ2n) is 19.1. The number of thioether (sulfide) groups is 2. The molecule has 32 heteroatoms. The lowest BCUT2D eigenvalue weighted by atomic mass is 10.1. The molecule has 0 saturated carbocycles. The van der Waals surface area contributed by atoms with Crippen molar-refractivity contribution in [1.29, 1.82) is 0 Å². The molecule has 4 aliphatic rings. The van der Waals surface area contributed by atoms with Crippen LogP contribution < -0.4 is 43.7 Å². The summed E-state index contributed by atoms with van der Waals surface area (Å²) in [5.74, 6) is 2.84. The number of aryl methyl sites for hydroxylation is 2. The first-order valence-corrected chi connectivity index (χ1v) is 29.2. The molecule has 4 aromatic rings. The van der Waals surface area contributed by atoms with Gasteiger partial charge in [-0.15, -0.1) is 23.5 Å². The Balaban J connectivity index is 0.000000203. The van der Waals surface area contributed by atoms with Crippen LogP contribution in [0.2, 0.25) is 0 Å². The molecule has 4 saturated heterocycles. The maximum Gasteiger partial charge on any atom is 0.351 e. The maximum absolute atomic E-state index is 12.5. The number of ether oxygens (including phenoxy) is 8. The van der Waals surface area contributed by atoms with E-state index in [9.17, 15) is 28.8 Å². The van der Waals surface area contributed by atoms with Gasteiger partial charge in [0.15, 0.2) is 0 Å². The fourth-order valence-electron chi connectivity index (χ4n) is 9.06. The van der Waals surface area contributed by atoms with Gasteiger partial charge in [0.25, 0.3) is 11.1 Å². The number of hydrogen-bond donors (Lipinski definition) is 0. The van der Waals surface area contributed by atoms with E-state index < -0.39 is 48.1 Å². The van der Waals surface area contributed by atoms with Gasteiger partial charge in [-0.05, 0) is 71.7 Å². The number of nitrogens with zero attached hydrogens (tertiary/aromatic N) is 16. The molecule has 458 valence electrons. The standard InChI is InChI=1S/C14H21N5O4.C14H23N3O3S.C12H17N5O4.C11H17N3O3S/c1-4-18-13(20)9(3)7-19(14(18)21)12-6-10(16-17-15)11(23-12)8-22-5-2;1-4-16(5-2)11-7-8-17(14(18)15-11)12-10-21-13(20-12)9-19-6-3;1-7-5-17(12(19)16(2)11(7)18)10-4-8(14-15-13)9(21-10)6-20-3;1-13(2)8-4-5-14(11(15)12-8)9-7-18-10(17-9)6-16-3/h7,10-12H,4-6,8H2,1-3H3;7-8,12-13H,4-6,9-10H2,1-3H3;5,8-10H,4,6H2,1-3H3;4-5,9-10H,6-7H2,1-3H3/t10?,11-,12-;12-,13+;8?,9-,10-;9-,10+/m1111/s1. The first-order valence-electron chi connectivity index (χ1n) is 27.1. The van der Waals surface area contributed by atoms with E-state index in [1.165, 1.54) is 40.3 Å². The number of azide groups is 2. The monoisotopic (exact) mass is 1200 g/mol. The summed E-state index contributed by atoms with van der Waals surface area (Å²) in [4.78, 5) is 90.1. The van der Waals surface area contributed by atoms with Gasteiger partial charge in [0.1, 0.15) is 47.4 Å². The Bertz CT molecular complexity index is 3210. The molecule has 83 heavy (non-hydrogen) atoms. The van der Waals surface area contributed by atoms with Gasteiger partial charge in [-0.3, -0.25) is 37.0 Å². The molecule has 4 aromatic heterocycles. The van der Waals surface area contributed by atoms with E-state index in [-0.39, 0.29) is 65.6 Å². The third-order valence-corrected chi connectivity index (χ3v) is 15.6. The molecule has 0 aliphatic carbocycles. The van der Waals surface area contributed by atoms with Gasteiger partial charge in [-0.1, -0.05) is 10.2 Å². The molecular weight excluding hydrogens is 1120 g/mol. The van der Waals surface area contributed by atoms with Gasteiger partial charge in [-0.2, -0.15) is 9.97 Å². The first-order chi connectivity index (χ1) is 39.8. The van der Waals surface area contributed by atoms with Crippen LogP contribution in [0.15, 0.2) is 75.9 Å². The van der Waals surface area contributed by atoms with E-state index in [1.54, 1.807) is 79.3 Å². The van der Waals surface area contributed by atoms with Crippen LogP contribution in [0.5, 0.6) is 0 Å². The predicted octanol–water partition coefficient (Wildman–Crippen LogP) is 4.07. The zero-order valence-corrected chi connectivity index (χ0v) is 50.8. The molecule has 0 spiro atoms. The van der Waals surface area contributed by atoms with E-state index in [1.807, 2.05) is 52.8 Å². The van der Waals surface area contributed by atoms with Crippen molar-refractivity contribution in [3.8, 4) is 0 Å². The molecule has 0 amide bonds. The average molecular weight is 1200 g/mol. The number of rotatable bonds is 21. The van der Waals surface area contributed by atoms with Crippen molar-refractivity contribution in [2.75, 3.05) is 102 Å². The molecule has 2 unspecified atom stereocenters. The minimum absolute atomic E-state index is 0.00990. The van der Waals surface area contributed by atoms with Crippen LogP contribution in [0.25, 0.3) is 20.9 Å². The third-order valence-electron chi connectivity index (χ3n) is 13.4. The summed E-state index contributed by atoms with van der Waals surface area (Å²) in [6.07, 6.45) is 4.68. The molecule has 4 aliphatic heterocycles. The Hall–Kier alpha value is -6.28. The van der Waals surface area contributed by atoms with Crippen molar-refractivity contribution in [2.45, 2.75) is 128 Å². The molecule has 8 heterocycles. The van der Waals surface area contributed by atoms with Crippen LogP contribution in [-0.4, -0.2) is 165 Å². The molecule has 30 nitrogen and oxygen atoms in total. The third kappa shape index (κ3) is 17.9. The Labute approximate surface area is 487 Å². The van der Waals surface area contributed by atoms with Gasteiger partial charge < -0.3 is 47.7 Å². The van der Waals surface area contributed by atoms with Gasteiger partial charge in [-0.25, -0.2) is 19.2 Å². The predicted molar refractivity (Wildman–Crippen MR) is 313 cm³/mol. The van der Waals surface area contributed by atoms with Crippen molar-refractivity contribution < 1.29 is 37.9 Å². The quantitative estimate of drug-likeness (QED) is 0.0644. The summed E-state index contributed by atoms with van der Waals surface area (Å²) < 4.78 is 51.9. The van der Waals surface area contributed by atoms with Crippen molar-refractivity contribution in [3.63, 3.8) is 0 Å². The van der Waals surface area contributed by atoms with Crippen LogP contribution in [0.1, 0.15) is 83.5 Å². The lowest BCUT2D eigenvalue weighted by Crippen LogP contribution is -2.41. The van der Waals surface area contributed by atoms with E-state index in [0.29, 0.717) is 56.2 Å². The van der Waals surface area contributed by atoms with E-state index in [2.05, 4.69) is 30.0 Å². The maximum atomic E-state index is 12.5. The van der Waals surface area contributed by atoms with E-state index >= 15 is 0 Å². The summed E-state index contributed by atoms with van der Waals surface area (Å²) in [6, 6.07) is 2.85. The van der Waals surface area contributed by atoms with E-state index in [0.717, 1.165) is 39.5 Å². The molecule has 0 N–H and O–H groups in total. The van der Waals surface area contributed by atoms with Gasteiger partial charge >= 0.3 is 22.8 Å². The molecular formula is C51H78N16O14S2. The fraction of sp³-hybridized carbons (Fsp3) is 0.686. The molecule has 4 fully saturated rings. The molecule has 0 aromatic carbocycles. The first kappa shape index (κ1) is 67.5. The zero-order chi connectivity index (χ0) is 60.9. The number of methoxy groups -OCH3 is 2. The van der Waals surface area contributed by atoms with Crippen molar-refractivity contribution in [1.82, 2.24) is 37.4 Å². The van der Waals surface area contributed by atoms with Crippen LogP contribution in [0.4, 0.5) is 11.6 Å². The summed E-state index contributed by atoms with van der Waals surface area (Å²) in [5, 5.41) is 7.42. The topological polar surface area (TPSA) is 336 Å². The molecule has 10 atom stereocenters. The lowest BCUT2D eigenvalue weighted by Gasteiger charge is -2.20. The Morgan fingerprint density at radius 2 is 1.11 bits per heavy atom. The minimum atomic E-state index is -0.585.